The molecule has 1 aromatic carbocycles. The third kappa shape index (κ3) is 2.91. The van der Waals surface area contributed by atoms with Gasteiger partial charge in [0.1, 0.15) is 5.75 Å². The van der Waals surface area contributed by atoms with Crippen molar-refractivity contribution in [2.24, 2.45) is 5.41 Å². The molecular weight excluding hydrogens is 376 g/mol. The molecule has 1 aliphatic heterocycles. The average molecular weight is 398 g/mol. The minimum Gasteiger partial charge on any atom is -0.438 e. The molecule has 3 fully saturated rings. The van der Waals surface area contributed by atoms with Crippen molar-refractivity contribution < 1.29 is 4.74 Å². The Morgan fingerprint density at radius 3 is 2.53 bits per heavy atom. The van der Waals surface area contributed by atoms with E-state index in [1.54, 1.807) is 6.08 Å². The van der Waals surface area contributed by atoms with Gasteiger partial charge in [-0.15, -0.1) is 0 Å². The fourth-order valence-corrected chi connectivity index (χ4v) is 5.02. The second kappa shape index (κ2) is 6.55. The summed E-state index contributed by atoms with van der Waals surface area (Å²) in [7, 11) is 0. The summed E-state index contributed by atoms with van der Waals surface area (Å²) < 4.78 is 6.33. The van der Waals surface area contributed by atoms with Crippen LogP contribution in [0.25, 0.3) is 6.08 Å². The summed E-state index contributed by atoms with van der Waals surface area (Å²) in [6, 6.07) is 8.45. The molecule has 1 aromatic heterocycles. The standard InChI is InChI=1S/C23H22N6O/c1-14-6-16(4-3-5-24)7-15(2)19(14)30-20-17-8-26-9-18(17)27-21(28-20)29-23-10-22(11-23,12-23)13-25/h3-4,6-7,26H,8-12H2,1-2H3,(H,27,28,29)/b4-3+. The van der Waals surface area contributed by atoms with Crippen LogP contribution in [0, 0.1) is 41.9 Å². The average Bonchev–Trinajstić information content (AvgIpc) is 3.13. The Bertz CT molecular complexity index is 1130. The summed E-state index contributed by atoms with van der Waals surface area (Å²) in [6.07, 6.45) is 5.84. The lowest BCUT2D eigenvalue weighted by Crippen LogP contribution is -2.70. The van der Waals surface area contributed by atoms with Crippen molar-refractivity contribution in [1.29, 1.82) is 10.5 Å². The first-order valence-electron chi connectivity index (χ1n) is 10.1. The van der Waals surface area contributed by atoms with Crippen molar-refractivity contribution in [2.75, 3.05) is 5.32 Å². The zero-order valence-electron chi connectivity index (χ0n) is 17.0. The summed E-state index contributed by atoms with van der Waals surface area (Å²) >= 11 is 0. The van der Waals surface area contributed by atoms with E-state index in [0.717, 1.165) is 53.0 Å². The zero-order valence-corrected chi connectivity index (χ0v) is 17.0. The molecule has 7 nitrogen and oxygen atoms in total. The highest BCUT2D eigenvalue weighted by Crippen LogP contribution is 2.67. The molecule has 7 heteroatoms. The monoisotopic (exact) mass is 398 g/mol. The number of ether oxygens (including phenoxy) is 1. The number of hydrogen-bond donors (Lipinski definition) is 2. The number of hydrogen-bond acceptors (Lipinski definition) is 7. The SMILES string of the molecule is Cc1cc(/C=C/C#N)cc(C)c1Oc1nc(NC23CC(C#N)(C2)C3)nc2c1CNC2. The van der Waals surface area contributed by atoms with E-state index in [1.165, 1.54) is 6.08 Å². The number of rotatable bonds is 5. The highest BCUT2D eigenvalue weighted by atomic mass is 16.5. The van der Waals surface area contributed by atoms with Crippen LogP contribution in [0.1, 0.15) is 47.2 Å². The van der Waals surface area contributed by atoms with Gasteiger partial charge in [-0.2, -0.15) is 15.5 Å². The van der Waals surface area contributed by atoms with Gasteiger partial charge in [-0.05, 0) is 68.0 Å². The van der Waals surface area contributed by atoms with Crippen molar-refractivity contribution >= 4 is 12.0 Å². The summed E-state index contributed by atoms with van der Waals surface area (Å²) in [6.45, 7) is 5.35. The number of nitrogens with one attached hydrogen (secondary N) is 2. The van der Waals surface area contributed by atoms with Gasteiger partial charge in [0.05, 0.1) is 28.8 Å². The molecule has 0 saturated heterocycles. The molecule has 3 saturated carbocycles. The third-order valence-electron chi connectivity index (χ3n) is 6.33. The molecule has 6 rings (SSSR count). The van der Waals surface area contributed by atoms with Crippen LogP contribution in [0.15, 0.2) is 18.2 Å². The topological polar surface area (TPSA) is 107 Å². The van der Waals surface area contributed by atoms with E-state index in [1.807, 2.05) is 32.0 Å². The summed E-state index contributed by atoms with van der Waals surface area (Å²) in [5.41, 5.74) is 4.71. The minimum atomic E-state index is -0.124. The predicted octanol–water partition coefficient (Wildman–Crippen LogP) is 3.88. The van der Waals surface area contributed by atoms with Crippen molar-refractivity contribution in [3.8, 4) is 23.8 Å². The molecule has 2 aromatic rings. The minimum absolute atomic E-state index is 0.0339. The van der Waals surface area contributed by atoms with Crippen LogP contribution in [-0.2, 0) is 13.1 Å². The Kier molecular flexibility index (Phi) is 4.06. The first-order chi connectivity index (χ1) is 14.4. The normalized spacial score (nSPS) is 25.6. The Balaban J connectivity index is 1.44. The van der Waals surface area contributed by atoms with E-state index in [0.29, 0.717) is 24.9 Å². The zero-order chi connectivity index (χ0) is 20.9. The highest BCUT2D eigenvalue weighted by molar-refractivity contribution is 5.58. The molecular formula is C23H22N6O. The molecule has 2 N–H and O–H groups in total. The lowest BCUT2D eigenvalue weighted by atomic mass is 9.40. The van der Waals surface area contributed by atoms with Gasteiger partial charge in [-0.3, -0.25) is 0 Å². The van der Waals surface area contributed by atoms with Gasteiger partial charge in [0.15, 0.2) is 0 Å². The van der Waals surface area contributed by atoms with Crippen LogP contribution in [0.5, 0.6) is 11.6 Å². The number of nitrogens with zero attached hydrogens (tertiary/aromatic N) is 4. The van der Waals surface area contributed by atoms with Crippen LogP contribution >= 0.6 is 0 Å². The van der Waals surface area contributed by atoms with Crippen molar-refractivity contribution in [3.63, 3.8) is 0 Å². The quantitative estimate of drug-likeness (QED) is 0.736. The highest BCUT2D eigenvalue weighted by Gasteiger charge is 2.69. The lowest BCUT2D eigenvalue weighted by Gasteiger charge is -2.66. The Morgan fingerprint density at radius 1 is 1.13 bits per heavy atom. The molecule has 2 bridgehead atoms. The maximum absolute atomic E-state index is 9.26. The Labute approximate surface area is 175 Å². The van der Waals surface area contributed by atoms with E-state index >= 15 is 0 Å². The third-order valence-corrected chi connectivity index (χ3v) is 6.33. The molecule has 4 aliphatic rings. The summed E-state index contributed by atoms with van der Waals surface area (Å²) in [5, 5.41) is 24.8. The van der Waals surface area contributed by atoms with Gasteiger partial charge in [0.25, 0.3) is 0 Å². The lowest BCUT2D eigenvalue weighted by molar-refractivity contribution is -0.0665. The smallest absolute Gasteiger partial charge is 0.228 e. The van der Waals surface area contributed by atoms with E-state index in [9.17, 15) is 5.26 Å². The van der Waals surface area contributed by atoms with Gasteiger partial charge >= 0.3 is 0 Å². The second-order valence-corrected chi connectivity index (χ2v) is 8.76. The summed E-state index contributed by atoms with van der Waals surface area (Å²) in [4.78, 5) is 9.41. The second-order valence-electron chi connectivity index (χ2n) is 8.76. The number of nitriles is 2. The molecule has 0 atom stereocenters. The largest absolute Gasteiger partial charge is 0.438 e. The van der Waals surface area contributed by atoms with Gasteiger partial charge in [0.2, 0.25) is 11.8 Å². The fourth-order valence-electron chi connectivity index (χ4n) is 5.02. The molecule has 3 aliphatic carbocycles. The Morgan fingerprint density at radius 2 is 1.87 bits per heavy atom. The van der Waals surface area contributed by atoms with E-state index in [4.69, 9.17) is 20.0 Å². The number of benzene rings is 1. The van der Waals surface area contributed by atoms with Crippen LogP contribution in [0.2, 0.25) is 0 Å². The van der Waals surface area contributed by atoms with Crippen molar-refractivity contribution in [2.45, 2.75) is 51.7 Å². The van der Waals surface area contributed by atoms with Crippen LogP contribution in [0.4, 0.5) is 5.95 Å². The van der Waals surface area contributed by atoms with E-state index in [-0.39, 0.29) is 11.0 Å². The molecule has 30 heavy (non-hydrogen) atoms. The molecule has 150 valence electrons. The number of fused-ring (bicyclic) bond motifs is 1. The van der Waals surface area contributed by atoms with Crippen LogP contribution in [-0.4, -0.2) is 15.5 Å². The van der Waals surface area contributed by atoms with Crippen LogP contribution < -0.4 is 15.4 Å². The Hall–Kier alpha value is -3.42. The number of aromatic nitrogens is 2. The molecule has 2 heterocycles. The van der Waals surface area contributed by atoms with Gasteiger partial charge in [-0.1, -0.05) is 0 Å². The maximum Gasteiger partial charge on any atom is 0.228 e. The predicted molar refractivity (Wildman–Crippen MR) is 111 cm³/mol. The first kappa shape index (κ1) is 18.6. The van der Waals surface area contributed by atoms with E-state index in [2.05, 4.69) is 16.7 Å². The maximum atomic E-state index is 9.26. The van der Waals surface area contributed by atoms with E-state index < -0.39 is 0 Å². The summed E-state index contributed by atoms with van der Waals surface area (Å²) in [5.74, 6) is 1.92. The molecule has 0 radical (unpaired) electrons. The molecule has 0 amide bonds. The van der Waals surface area contributed by atoms with Crippen molar-refractivity contribution in [1.82, 2.24) is 15.3 Å². The number of anilines is 1. The van der Waals surface area contributed by atoms with Gasteiger partial charge < -0.3 is 15.4 Å². The van der Waals surface area contributed by atoms with Crippen molar-refractivity contribution in [3.05, 3.63) is 46.2 Å². The molecule has 0 unspecified atom stereocenters. The fraction of sp³-hybridized carbons (Fsp3) is 0.391. The number of aryl methyl sites for hydroxylation is 2. The van der Waals surface area contributed by atoms with Crippen LogP contribution in [0.3, 0.4) is 0 Å². The number of allylic oxidation sites excluding steroid dienone is 1. The van der Waals surface area contributed by atoms with Gasteiger partial charge in [0, 0.05) is 24.7 Å². The molecule has 0 spiro atoms. The van der Waals surface area contributed by atoms with Gasteiger partial charge in [-0.25, -0.2) is 4.98 Å². The first-order valence-corrected chi connectivity index (χ1v) is 10.1.